The van der Waals surface area contributed by atoms with Crippen LogP contribution < -0.4 is 16.0 Å². The zero-order valence-corrected chi connectivity index (χ0v) is 11.4. The van der Waals surface area contributed by atoms with Crippen LogP contribution in [0.1, 0.15) is 6.92 Å². The summed E-state index contributed by atoms with van der Waals surface area (Å²) in [6.45, 7) is 7.60. The van der Waals surface area contributed by atoms with E-state index in [0.29, 0.717) is 13.1 Å². The van der Waals surface area contributed by atoms with E-state index in [2.05, 4.69) is 21.3 Å². The Balaban J connectivity index is 0.00000225. The molecule has 0 aromatic carbocycles. The number of carbonyl (C=O) groups is 1. The van der Waals surface area contributed by atoms with Crippen LogP contribution in [0.2, 0.25) is 0 Å². The number of nitrogens with zero attached hydrogens (tertiary/aromatic N) is 1. The molecular formula is C10H21N4OTi-. The van der Waals surface area contributed by atoms with Crippen molar-refractivity contribution in [3.8, 4) is 0 Å². The van der Waals surface area contributed by atoms with Crippen LogP contribution in [0.3, 0.4) is 0 Å². The molecule has 0 radical (unpaired) electrons. The van der Waals surface area contributed by atoms with Crippen molar-refractivity contribution in [3.05, 3.63) is 5.32 Å². The Kier molecular flexibility index (Phi) is 10.5. The maximum atomic E-state index is 11.2. The normalized spacial score (nSPS) is 24.7. The molecule has 0 aromatic heterocycles. The summed E-state index contributed by atoms with van der Waals surface area (Å²) in [4.78, 5) is 11.2. The molecule has 92 valence electrons. The molecule has 1 rings (SSSR count). The van der Waals surface area contributed by atoms with Crippen LogP contribution in [-0.4, -0.2) is 57.6 Å². The number of rotatable bonds is 1. The maximum Gasteiger partial charge on any atom is 0.113 e. The number of nitrogens with one attached hydrogen (secondary N) is 3. The van der Waals surface area contributed by atoms with Crippen LogP contribution in [0, 0.1) is 0 Å². The van der Waals surface area contributed by atoms with Crippen LogP contribution in [0.15, 0.2) is 0 Å². The fraction of sp³-hybridized carbons (Fsp3) is 0.900. The van der Waals surface area contributed by atoms with Gasteiger partial charge in [0.25, 0.3) is 0 Å². The summed E-state index contributed by atoms with van der Waals surface area (Å²) in [6.07, 6.45) is 0. The molecule has 1 heterocycles. The van der Waals surface area contributed by atoms with Crippen LogP contribution in [0.4, 0.5) is 0 Å². The molecule has 1 aliphatic heterocycles. The molecule has 0 spiro atoms. The molecule has 3 N–H and O–H groups in total. The third-order valence-electron chi connectivity index (χ3n) is 2.40. The third-order valence-corrected chi connectivity index (χ3v) is 2.40. The zero-order valence-electron chi connectivity index (χ0n) is 9.88. The minimum atomic E-state index is -0.175. The first-order chi connectivity index (χ1) is 7.30. The fourth-order valence-electron chi connectivity index (χ4n) is 1.48. The van der Waals surface area contributed by atoms with Gasteiger partial charge in [0.2, 0.25) is 0 Å². The second-order valence-electron chi connectivity index (χ2n) is 3.74. The summed E-state index contributed by atoms with van der Waals surface area (Å²) in [6, 6.07) is -0.175. The van der Waals surface area contributed by atoms with E-state index in [-0.39, 0.29) is 33.5 Å². The van der Waals surface area contributed by atoms with Crippen molar-refractivity contribution in [2.45, 2.75) is 13.0 Å². The molecule has 0 bridgehead atoms. The molecule has 0 saturated carbocycles. The fourth-order valence-corrected chi connectivity index (χ4v) is 1.48. The van der Waals surface area contributed by atoms with Gasteiger partial charge in [0, 0.05) is 47.9 Å². The molecule has 0 aliphatic carbocycles. The van der Waals surface area contributed by atoms with E-state index in [9.17, 15) is 4.79 Å². The molecule has 0 aromatic rings. The number of ketones is 1. The standard InChI is InChI=1S/C10H21N4O.Ti/c1-9(15)10-8-13-5-4-11-2-3-12-6-7-14-10;/h10-13H,2-8H2,1H3;/q-1;. The average Bonchev–Trinajstić information content (AvgIpc) is 2.18. The van der Waals surface area contributed by atoms with E-state index in [1.54, 1.807) is 6.92 Å². The van der Waals surface area contributed by atoms with Crippen molar-refractivity contribution < 1.29 is 26.5 Å². The molecule has 16 heavy (non-hydrogen) atoms. The van der Waals surface area contributed by atoms with Crippen molar-refractivity contribution in [2.24, 2.45) is 0 Å². The van der Waals surface area contributed by atoms with Crippen molar-refractivity contribution in [1.29, 1.82) is 0 Å². The van der Waals surface area contributed by atoms with Crippen LogP contribution >= 0.6 is 0 Å². The Labute approximate surface area is 112 Å². The maximum absolute atomic E-state index is 11.2. The molecular weight excluding hydrogens is 240 g/mol. The molecule has 5 nitrogen and oxygen atoms in total. The van der Waals surface area contributed by atoms with Gasteiger partial charge in [-0.05, 0) is 20.0 Å². The molecule has 1 aliphatic rings. The first-order valence-corrected chi connectivity index (χ1v) is 5.60. The van der Waals surface area contributed by atoms with Crippen molar-refractivity contribution in [3.63, 3.8) is 0 Å². The molecule has 1 saturated heterocycles. The summed E-state index contributed by atoms with van der Waals surface area (Å²) < 4.78 is 0. The van der Waals surface area contributed by atoms with Crippen LogP contribution in [0.25, 0.3) is 5.32 Å². The van der Waals surface area contributed by atoms with Crippen molar-refractivity contribution in [2.75, 3.05) is 45.8 Å². The molecule has 6 heteroatoms. The van der Waals surface area contributed by atoms with Gasteiger partial charge in [-0.15, -0.1) is 6.54 Å². The Morgan fingerprint density at radius 3 is 2.25 bits per heavy atom. The first-order valence-electron chi connectivity index (χ1n) is 5.60. The largest absolute Gasteiger partial charge is 0.651 e. The van der Waals surface area contributed by atoms with Gasteiger partial charge >= 0.3 is 0 Å². The summed E-state index contributed by atoms with van der Waals surface area (Å²) in [5.74, 6) is 0.146. The smallest absolute Gasteiger partial charge is 0.113 e. The van der Waals surface area contributed by atoms with Gasteiger partial charge in [0.1, 0.15) is 5.78 Å². The second-order valence-corrected chi connectivity index (χ2v) is 3.74. The van der Waals surface area contributed by atoms with Gasteiger partial charge in [0.05, 0.1) is 0 Å². The third kappa shape index (κ3) is 7.49. The van der Waals surface area contributed by atoms with Gasteiger partial charge in [0.15, 0.2) is 0 Å². The van der Waals surface area contributed by atoms with Crippen LogP contribution in [0.5, 0.6) is 0 Å². The Hall–Kier alpha value is 0.224. The summed E-state index contributed by atoms with van der Waals surface area (Å²) in [7, 11) is 0. The number of hydrogen-bond donors (Lipinski definition) is 3. The summed E-state index contributed by atoms with van der Waals surface area (Å²) in [5, 5.41) is 14.2. The number of carbonyl (C=O) groups excluding carboxylic acids is 1. The van der Waals surface area contributed by atoms with E-state index < -0.39 is 0 Å². The SMILES string of the molecule is CC(=O)C1CNCCNCCNCC[N-]1.[Ti]. The van der Waals surface area contributed by atoms with Gasteiger partial charge in [-0.1, -0.05) is 6.04 Å². The quantitative estimate of drug-likeness (QED) is 0.535. The molecule has 1 atom stereocenters. The molecule has 0 amide bonds. The monoisotopic (exact) mass is 261 g/mol. The van der Waals surface area contributed by atoms with Gasteiger partial charge in [-0.2, -0.15) is 0 Å². The van der Waals surface area contributed by atoms with E-state index in [4.69, 9.17) is 0 Å². The van der Waals surface area contributed by atoms with E-state index >= 15 is 0 Å². The summed E-state index contributed by atoms with van der Waals surface area (Å²) >= 11 is 0. The Morgan fingerprint density at radius 1 is 1.06 bits per heavy atom. The summed E-state index contributed by atoms with van der Waals surface area (Å²) in [5.41, 5.74) is 0. The van der Waals surface area contributed by atoms with Gasteiger partial charge in [-0.25, -0.2) is 0 Å². The molecule has 1 fully saturated rings. The van der Waals surface area contributed by atoms with Crippen molar-refractivity contribution >= 4 is 5.78 Å². The Morgan fingerprint density at radius 2 is 1.62 bits per heavy atom. The second kappa shape index (κ2) is 10.4. The van der Waals surface area contributed by atoms with Gasteiger partial charge in [-0.3, -0.25) is 0 Å². The topological polar surface area (TPSA) is 67.3 Å². The van der Waals surface area contributed by atoms with Gasteiger partial charge < -0.3 is 26.1 Å². The number of Topliss-reactive ketones (excluding diaryl/α,β-unsaturated/α-hetero) is 1. The zero-order chi connectivity index (χ0) is 10.9. The predicted octanol–water partition coefficient (Wildman–Crippen LogP) is -0.902. The number of hydrogen-bond acceptors (Lipinski definition) is 4. The van der Waals surface area contributed by atoms with Crippen LogP contribution in [-0.2, 0) is 26.5 Å². The van der Waals surface area contributed by atoms with E-state index in [1.807, 2.05) is 0 Å². The van der Waals surface area contributed by atoms with E-state index in [0.717, 1.165) is 32.7 Å². The van der Waals surface area contributed by atoms with E-state index in [1.165, 1.54) is 0 Å². The predicted molar refractivity (Wildman–Crippen MR) is 61.3 cm³/mol. The van der Waals surface area contributed by atoms with Crippen molar-refractivity contribution in [1.82, 2.24) is 16.0 Å². The minimum Gasteiger partial charge on any atom is -0.651 e. The minimum absolute atomic E-state index is 0. The first kappa shape index (κ1) is 16.2. The molecule has 1 unspecified atom stereocenters. The average molecular weight is 261 g/mol. The Bertz CT molecular complexity index is 180.